The maximum atomic E-state index is 13.7. The summed E-state index contributed by atoms with van der Waals surface area (Å²) < 4.78 is 68.8. The van der Waals surface area contributed by atoms with Gasteiger partial charge >= 0.3 is 6.18 Å². The van der Waals surface area contributed by atoms with Gasteiger partial charge in [0.05, 0.1) is 23.4 Å². The molecular weight excluding hydrogens is 437 g/mol. The topological polar surface area (TPSA) is 89.8 Å². The van der Waals surface area contributed by atoms with Crippen molar-refractivity contribution in [2.75, 3.05) is 5.32 Å². The van der Waals surface area contributed by atoms with Crippen molar-refractivity contribution in [1.29, 1.82) is 0 Å². The van der Waals surface area contributed by atoms with Crippen LogP contribution in [-0.2, 0) is 6.18 Å². The number of hydrogen-bond acceptors (Lipinski definition) is 5. The van der Waals surface area contributed by atoms with Gasteiger partial charge in [0.15, 0.2) is 11.6 Å². The van der Waals surface area contributed by atoms with E-state index >= 15 is 0 Å². The fourth-order valence-electron chi connectivity index (χ4n) is 2.99. The molecule has 4 rings (SSSR count). The van der Waals surface area contributed by atoms with Gasteiger partial charge < -0.3 is 5.32 Å². The lowest BCUT2D eigenvalue weighted by Gasteiger charge is -2.11. The molecule has 32 heavy (non-hydrogen) atoms. The number of benzene rings is 2. The number of aromatic nitrogens is 4. The van der Waals surface area contributed by atoms with E-state index in [-0.39, 0.29) is 28.2 Å². The van der Waals surface area contributed by atoms with Gasteiger partial charge in [0.2, 0.25) is 5.82 Å². The third-order valence-corrected chi connectivity index (χ3v) is 4.37. The molecule has 0 aliphatic rings. The van der Waals surface area contributed by atoms with Crippen molar-refractivity contribution < 1.29 is 31.5 Å². The SMILES string of the molecule is O=Cc1ccc2c(c1)nc(C(F)(F)F)n2-c1cnc(NC(=O)c2c(F)cccc2F)cn1. The molecule has 0 bridgehead atoms. The zero-order valence-corrected chi connectivity index (χ0v) is 15.7. The second-order valence-corrected chi connectivity index (χ2v) is 6.45. The number of rotatable bonds is 4. The second kappa shape index (κ2) is 7.80. The number of amides is 1. The van der Waals surface area contributed by atoms with Crippen LogP contribution >= 0.6 is 0 Å². The lowest BCUT2D eigenvalue weighted by molar-refractivity contribution is -0.145. The van der Waals surface area contributed by atoms with Crippen molar-refractivity contribution in [3.8, 4) is 5.82 Å². The molecule has 2 aromatic heterocycles. The van der Waals surface area contributed by atoms with E-state index in [1.165, 1.54) is 18.2 Å². The average molecular weight is 447 g/mol. The highest BCUT2D eigenvalue weighted by Crippen LogP contribution is 2.33. The van der Waals surface area contributed by atoms with E-state index in [1.54, 1.807) is 0 Å². The predicted molar refractivity (Wildman–Crippen MR) is 101 cm³/mol. The van der Waals surface area contributed by atoms with Crippen LogP contribution in [0.25, 0.3) is 16.9 Å². The van der Waals surface area contributed by atoms with Crippen LogP contribution in [0.5, 0.6) is 0 Å². The molecule has 2 aromatic carbocycles. The zero-order valence-electron chi connectivity index (χ0n) is 15.7. The maximum Gasteiger partial charge on any atom is 0.450 e. The van der Waals surface area contributed by atoms with Crippen molar-refractivity contribution >= 4 is 29.0 Å². The van der Waals surface area contributed by atoms with Crippen molar-refractivity contribution in [3.05, 3.63) is 77.4 Å². The van der Waals surface area contributed by atoms with Crippen LogP contribution in [0.3, 0.4) is 0 Å². The highest BCUT2D eigenvalue weighted by Gasteiger charge is 2.38. The van der Waals surface area contributed by atoms with Gasteiger partial charge in [-0.15, -0.1) is 0 Å². The van der Waals surface area contributed by atoms with Crippen molar-refractivity contribution in [2.45, 2.75) is 6.18 Å². The van der Waals surface area contributed by atoms with Gasteiger partial charge in [-0.3, -0.25) is 14.2 Å². The van der Waals surface area contributed by atoms with E-state index < -0.39 is 35.1 Å². The van der Waals surface area contributed by atoms with Gasteiger partial charge in [0.1, 0.15) is 23.5 Å². The first kappa shape index (κ1) is 21.0. The summed E-state index contributed by atoms with van der Waals surface area (Å²) in [6, 6.07) is 6.66. The van der Waals surface area contributed by atoms with Gasteiger partial charge in [0.25, 0.3) is 5.91 Å². The third-order valence-electron chi connectivity index (χ3n) is 4.37. The number of anilines is 1. The normalized spacial score (nSPS) is 11.5. The van der Waals surface area contributed by atoms with Gasteiger partial charge in [-0.2, -0.15) is 13.2 Å². The molecule has 0 atom stereocenters. The molecule has 0 spiro atoms. The molecule has 0 fully saturated rings. The molecule has 162 valence electrons. The molecule has 4 aromatic rings. The summed E-state index contributed by atoms with van der Waals surface area (Å²) in [5.74, 6) is -5.16. The summed E-state index contributed by atoms with van der Waals surface area (Å²) >= 11 is 0. The molecule has 0 aliphatic heterocycles. The smallest absolute Gasteiger partial charge is 0.305 e. The fourth-order valence-corrected chi connectivity index (χ4v) is 2.99. The monoisotopic (exact) mass is 447 g/mol. The Balaban J connectivity index is 1.71. The minimum atomic E-state index is -4.85. The quantitative estimate of drug-likeness (QED) is 0.375. The van der Waals surface area contributed by atoms with Gasteiger partial charge in [0, 0.05) is 5.56 Å². The fraction of sp³-hybridized carbons (Fsp3) is 0.0500. The Labute approximate surface area is 175 Å². The third kappa shape index (κ3) is 3.77. The Hall–Kier alpha value is -4.22. The summed E-state index contributed by atoms with van der Waals surface area (Å²) in [6.45, 7) is 0. The summed E-state index contributed by atoms with van der Waals surface area (Å²) in [5.41, 5.74) is -0.775. The van der Waals surface area contributed by atoms with Gasteiger partial charge in [-0.1, -0.05) is 6.07 Å². The molecule has 2 heterocycles. The predicted octanol–water partition coefficient (Wildman–Crippen LogP) is 4.18. The molecule has 7 nitrogen and oxygen atoms in total. The van der Waals surface area contributed by atoms with E-state index in [0.717, 1.165) is 30.6 Å². The minimum Gasteiger partial charge on any atom is -0.305 e. The van der Waals surface area contributed by atoms with E-state index in [9.17, 15) is 31.5 Å². The van der Waals surface area contributed by atoms with E-state index in [4.69, 9.17) is 0 Å². The number of alkyl halides is 3. The number of carbonyl (C=O) groups is 2. The van der Waals surface area contributed by atoms with Crippen LogP contribution < -0.4 is 5.32 Å². The number of halogens is 5. The lowest BCUT2D eigenvalue weighted by Crippen LogP contribution is -2.18. The number of nitrogens with one attached hydrogen (secondary N) is 1. The zero-order chi connectivity index (χ0) is 23.0. The number of aldehydes is 1. The molecule has 12 heteroatoms. The van der Waals surface area contributed by atoms with E-state index in [0.29, 0.717) is 10.9 Å². The molecule has 0 unspecified atom stereocenters. The van der Waals surface area contributed by atoms with Crippen molar-refractivity contribution in [3.63, 3.8) is 0 Å². The van der Waals surface area contributed by atoms with Crippen molar-refractivity contribution in [1.82, 2.24) is 19.5 Å². The minimum absolute atomic E-state index is 0.0161. The number of fused-ring (bicyclic) bond motifs is 1. The van der Waals surface area contributed by atoms with Crippen LogP contribution in [0.2, 0.25) is 0 Å². The Morgan fingerprint density at radius 1 is 1.03 bits per heavy atom. The van der Waals surface area contributed by atoms with Gasteiger partial charge in [-0.25, -0.2) is 23.7 Å². The highest BCUT2D eigenvalue weighted by atomic mass is 19.4. The van der Waals surface area contributed by atoms with Crippen LogP contribution in [-0.4, -0.2) is 31.7 Å². The standard InChI is InChI=1S/C20H10F5N5O2/c21-11-2-1-3-12(22)17(11)18(32)29-15-7-27-16(8-26-15)30-14-5-4-10(9-31)6-13(14)28-19(30)20(23,24)25/h1-9H,(H,26,29,32). The lowest BCUT2D eigenvalue weighted by atomic mass is 10.2. The average Bonchev–Trinajstić information content (AvgIpc) is 3.13. The van der Waals surface area contributed by atoms with Crippen LogP contribution in [0.4, 0.5) is 27.8 Å². The number of carbonyl (C=O) groups excluding carboxylic acids is 2. The Kier molecular flexibility index (Phi) is 5.12. The summed E-state index contributed by atoms with van der Waals surface area (Å²) in [4.78, 5) is 34.3. The second-order valence-electron chi connectivity index (χ2n) is 6.45. The first-order valence-corrected chi connectivity index (χ1v) is 8.81. The highest BCUT2D eigenvalue weighted by molar-refractivity contribution is 6.04. The first-order chi connectivity index (χ1) is 15.2. The summed E-state index contributed by atoms with van der Waals surface area (Å²) in [7, 11) is 0. The number of hydrogen-bond donors (Lipinski definition) is 1. The van der Waals surface area contributed by atoms with Crippen LogP contribution in [0, 0.1) is 11.6 Å². The molecular formula is C20H10F5N5O2. The molecule has 0 aliphatic carbocycles. The van der Waals surface area contributed by atoms with E-state index in [1.807, 2.05) is 0 Å². The molecule has 0 saturated heterocycles. The first-order valence-electron chi connectivity index (χ1n) is 8.81. The Bertz CT molecular complexity index is 1330. The molecule has 1 N–H and O–H groups in total. The summed E-state index contributed by atoms with van der Waals surface area (Å²) in [5, 5.41) is 2.13. The van der Waals surface area contributed by atoms with E-state index in [2.05, 4.69) is 20.3 Å². The van der Waals surface area contributed by atoms with Crippen molar-refractivity contribution in [2.24, 2.45) is 0 Å². The number of imidazole rings is 1. The maximum absolute atomic E-state index is 13.7. The Morgan fingerprint density at radius 3 is 2.34 bits per heavy atom. The molecule has 0 radical (unpaired) electrons. The van der Waals surface area contributed by atoms with Crippen LogP contribution in [0.1, 0.15) is 26.5 Å². The largest absolute Gasteiger partial charge is 0.450 e. The summed E-state index contributed by atoms with van der Waals surface area (Å²) in [6.07, 6.45) is -2.52. The molecule has 1 amide bonds. The van der Waals surface area contributed by atoms with Crippen LogP contribution in [0.15, 0.2) is 48.8 Å². The number of nitrogens with zero attached hydrogens (tertiary/aromatic N) is 4. The Morgan fingerprint density at radius 2 is 1.75 bits per heavy atom. The van der Waals surface area contributed by atoms with Gasteiger partial charge in [-0.05, 0) is 30.3 Å². The molecule has 0 saturated carbocycles.